The highest BCUT2D eigenvalue weighted by molar-refractivity contribution is 5.45. The number of unbranched alkanes of at least 4 members (excludes halogenated alkanes) is 3. The van der Waals surface area contributed by atoms with E-state index in [0.717, 1.165) is 50.7 Å². The van der Waals surface area contributed by atoms with Crippen LogP contribution in [0, 0.1) is 5.41 Å². The fourth-order valence-electron chi connectivity index (χ4n) is 3.16. The molecule has 0 atom stereocenters. The molecule has 1 aromatic rings. The Labute approximate surface area is 165 Å². The van der Waals surface area contributed by atoms with Gasteiger partial charge in [0.25, 0.3) is 0 Å². The Kier molecular flexibility index (Phi) is 11.7. The molecule has 0 heterocycles. The van der Waals surface area contributed by atoms with E-state index in [9.17, 15) is 15.3 Å². The lowest BCUT2D eigenvalue weighted by Gasteiger charge is -2.28. The second kappa shape index (κ2) is 13.1. The monoisotopic (exact) mass is 380 g/mol. The van der Waals surface area contributed by atoms with Gasteiger partial charge in [0.15, 0.2) is 0 Å². The lowest BCUT2D eigenvalue weighted by atomic mass is 9.92. The Morgan fingerprint density at radius 3 is 1.59 bits per heavy atom. The molecule has 0 amide bonds. The van der Waals surface area contributed by atoms with Gasteiger partial charge in [-0.05, 0) is 55.2 Å². The van der Waals surface area contributed by atoms with Gasteiger partial charge in [-0.3, -0.25) is 0 Å². The first kappa shape index (κ1) is 23.9. The number of hydrogen-bond donors (Lipinski definition) is 3. The van der Waals surface area contributed by atoms with Crippen molar-refractivity contribution in [2.45, 2.75) is 78.6 Å². The highest BCUT2D eigenvalue weighted by Crippen LogP contribution is 2.31. The smallest absolute Gasteiger partial charge is 0.125 e. The summed E-state index contributed by atoms with van der Waals surface area (Å²) in [5.74, 6) is 0.900. The molecule has 0 fully saturated rings. The number of hydrogen-bond acceptors (Lipinski definition) is 4. The zero-order chi connectivity index (χ0) is 20.1. The van der Waals surface area contributed by atoms with Gasteiger partial charge in [0, 0.05) is 0 Å². The third kappa shape index (κ3) is 7.44. The maximum Gasteiger partial charge on any atom is 0.125 e. The minimum atomic E-state index is -1.01. The van der Waals surface area contributed by atoms with E-state index < -0.39 is 5.41 Å². The van der Waals surface area contributed by atoms with E-state index in [1.807, 2.05) is 0 Å². The van der Waals surface area contributed by atoms with Crippen molar-refractivity contribution in [3.63, 3.8) is 0 Å². The zero-order valence-electron chi connectivity index (χ0n) is 17.6. The predicted octanol–water partition coefficient (Wildman–Crippen LogP) is 4.06. The maximum atomic E-state index is 9.62. The number of aryl methyl sites for hydroxylation is 3. The summed E-state index contributed by atoms with van der Waals surface area (Å²) in [6, 6.07) is 4.54. The summed E-state index contributed by atoms with van der Waals surface area (Å²) in [4.78, 5) is 0. The van der Waals surface area contributed by atoms with Gasteiger partial charge in [0.1, 0.15) is 12.4 Å². The van der Waals surface area contributed by atoms with Crippen molar-refractivity contribution < 1.29 is 20.1 Å². The van der Waals surface area contributed by atoms with Crippen LogP contribution in [-0.2, 0) is 19.3 Å². The molecule has 0 aliphatic heterocycles. The van der Waals surface area contributed by atoms with Gasteiger partial charge in [-0.1, -0.05) is 52.2 Å². The summed E-state index contributed by atoms with van der Waals surface area (Å²) < 4.78 is 6.18. The van der Waals surface area contributed by atoms with E-state index in [0.29, 0.717) is 0 Å². The van der Waals surface area contributed by atoms with E-state index in [4.69, 9.17) is 4.74 Å². The number of benzene rings is 1. The quantitative estimate of drug-likeness (QED) is 0.429. The summed E-state index contributed by atoms with van der Waals surface area (Å²) in [6.07, 6.45) is 9.83. The van der Waals surface area contributed by atoms with Crippen LogP contribution >= 0.6 is 0 Å². The molecule has 156 valence electrons. The molecule has 4 nitrogen and oxygen atoms in total. The molecule has 0 aromatic heterocycles. The molecule has 1 rings (SSSR count). The number of rotatable bonds is 15. The van der Waals surface area contributed by atoms with Gasteiger partial charge in [-0.2, -0.15) is 0 Å². The van der Waals surface area contributed by atoms with Gasteiger partial charge in [0.2, 0.25) is 0 Å². The minimum absolute atomic E-state index is 0.114. The van der Waals surface area contributed by atoms with Crippen molar-refractivity contribution in [1.29, 1.82) is 0 Å². The molecule has 3 N–H and O–H groups in total. The average Bonchev–Trinajstić information content (AvgIpc) is 2.71. The van der Waals surface area contributed by atoms with Crippen LogP contribution in [0.2, 0.25) is 0 Å². The molecule has 0 spiro atoms. The summed E-state index contributed by atoms with van der Waals surface area (Å²) in [7, 11) is 0. The molecule has 0 saturated carbocycles. The SMILES string of the molecule is CCCCc1cc(CCCC)c(OCC(CO)(CO)CO)c(CCCC)c1. The van der Waals surface area contributed by atoms with Crippen molar-refractivity contribution in [3.05, 3.63) is 28.8 Å². The number of ether oxygens (including phenoxy) is 1. The summed E-state index contributed by atoms with van der Waals surface area (Å²) in [5.41, 5.74) is 2.81. The second-order valence-corrected chi connectivity index (χ2v) is 7.82. The first-order valence-electron chi connectivity index (χ1n) is 10.7. The molecule has 0 radical (unpaired) electrons. The highest BCUT2D eigenvalue weighted by Gasteiger charge is 2.30. The van der Waals surface area contributed by atoms with Crippen molar-refractivity contribution in [2.24, 2.45) is 5.41 Å². The fraction of sp³-hybridized carbons (Fsp3) is 0.739. The highest BCUT2D eigenvalue weighted by atomic mass is 16.5. The lowest BCUT2D eigenvalue weighted by molar-refractivity contribution is -0.0262. The van der Waals surface area contributed by atoms with Gasteiger partial charge < -0.3 is 20.1 Å². The first-order valence-corrected chi connectivity index (χ1v) is 10.7. The Morgan fingerprint density at radius 2 is 1.19 bits per heavy atom. The maximum absolute atomic E-state index is 9.62. The summed E-state index contributed by atoms with van der Waals surface area (Å²) in [5, 5.41) is 28.9. The minimum Gasteiger partial charge on any atom is -0.492 e. The van der Waals surface area contributed by atoms with E-state index in [-0.39, 0.29) is 26.4 Å². The van der Waals surface area contributed by atoms with E-state index in [1.54, 1.807) is 0 Å². The third-order valence-corrected chi connectivity index (χ3v) is 5.25. The summed E-state index contributed by atoms with van der Waals surface area (Å²) in [6.45, 7) is 5.80. The Hall–Kier alpha value is -1.10. The number of aliphatic hydroxyl groups excluding tert-OH is 3. The van der Waals surface area contributed by atoms with Crippen LogP contribution < -0.4 is 4.74 Å². The van der Waals surface area contributed by atoms with Crippen molar-refractivity contribution >= 4 is 0 Å². The van der Waals surface area contributed by atoms with E-state index >= 15 is 0 Å². The van der Waals surface area contributed by atoms with E-state index in [2.05, 4.69) is 32.9 Å². The lowest BCUT2D eigenvalue weighted by Crippen LogP contribution is -2.40. The van der Waals surface area contributed by atoms with Gasteiger partial charge in [-0.15, -0.1) is 0 Å². The Balaban J connectivity index is 3.20. The fourth-order valence-corrected chi connectivity index (χ4v) is 3.16. The second-order valence-electron chi connectivity index (χ2n) is 7.82. The molecule has 0 aliphatic carbocycles. The molecular weight excluding hydrogens is 340 g/mol. The zero-order valence-corrected chi connectivity index (χ0v) is 17.6. The predicted molar refractivity (Wildman–Crippen MR) is 111 cm³/mol. The molecular formula is C23H40O4. The van der Waals surface area contributed by atoms with Crippen molar-refractivity contribution in [3.8, 4) is 5.75 Å². The molecule has 1 aromatic carbocycles. The van der Waals surface area contributed by atoms with Gasteiger partial charge in [-0.25, -0.2) is 0 Å². The molecule has 0 saturated heterocycles. The molecule has 0 unspecified atom stereocenters. The summed E-state index contributed by atoms with van der Waals surface area (Å²) >= 11 is 0. The van der Waals surface area contributed by atoms with Crippen LogP contribution in [0.4, 0.5) is 0 Å². The van der Waals surface area contributed by atoms with E-state index in [1.165, 1.54) is 29.5 Å². The van der Waals surface area contributed by atoms with Gasteiger partial charge >= 0.3 is 0 Å². The Morgan fingerprint density at radius 1 is 0.741 bits per heavy atom. The van der Waals surface area contributed by atoms with Crippen LogP contribution in [0.25, 0.3) is 0 Å². The van der Waals surface area contributed by atoms with Crippen LogP contribution in [0.15, 0.2) is 12.1 Å². The average molecular weight is 381 g/mol. The standard InChI is InChI=1S/C23H40O4/c1-4-7-10-19-13-20(11-8-5-2)22(21(14-19)12-9-6-3)27-18-23(15-24,16-25)17-26/h13-14,24-26H,4-12,15-18H2,1-3H3. The molecule has 0 aliphatic rings. The molecule has 27 heavy (non-hydrogen) atoms. The largest absolute Gasteiger partial charge is 0.492 e. The van der Waals surface area contributed by atoms with Crippen molar-refractivity contribution in [2.75, 3.05) is 26.4 Å². The van der Waals surface area contributed by atoms with Gasteiger partial charge in [0.05, 0.1) is 25.2 Å². The third-order valence-electron chi connectivity index (χ3n) is 5.25. The topological polar surface area (TPSA) is 69.9 Å². The van der Waals surface area contributed by atoms with Crippen LogP contribution in [0.5, 0.6) is 5.75 Å². The first-order chi connectivity index (χ1) is 13.1. The number of aliphatic hydroxyl groups is 3. The van der Waals surface area contributed by atoms with Crippen LogP contribution in [-0.4, -0.2) is 41.7 Å². The molecule has 4 heteroatoms. The van der Waals surface area contributed by atoms with Crippen LogP contribution in [0.1, 0.15) is 76.0 Å². The van der Waals surface area contributed by atoms with Crippen LogP contribution in [0.3, 0.4) is 0 Å². The van der Waals surface area contributed by atoms with Crippen molar-refractivity contribution in [1.82, 2.24) is 0 Å². The molecule has 0 bridgehead atoms. The normalized spacial score (nSPS) is 11.8. The Bertz CT molecular complexity index is 486.